The molecule has 0 aliphatic rings. The van der Waals surface area contributed by atoms with E-state index in [0.717, 1.165) is 20.8 Å². The van der Waals surface area contributed by atoms with E-state index in [2.05, 4.69) is 20.6 Å². The lowest BCUT2D eigenvalue weighted by molar-refractivity contribution is -0.113. The van der Waals surface area contributed by atoms with E-state index in [4.69, 9.17) is 0 Å². The number of para-hydroxylation sites is 1. The Hall–Kier alpha value is -3.23. The van der Waals surface area contributed by atoms with Crippen molar-refractivity contribution in [1.82, 2.24) is 15.3 Å². The van der Waals surface area contributed by atoms with E-state index >= 15 is 0 Å². The Morgan fingerprint density at radius 3 is 2.63 bits per heavy atom. The highest BCUT2D eigenvalue weighted by atomic mass is 32.2. The zero-order valence-electron chi connectivity index (χ0n) is 15.9. The van der Waals surface area contributed by atoms with Gasteiger partial charge in [0.15, 0.2) is 0 Å². The molecule has 0 saturated carbocycles. The number of aromatic nitrogens is 2. The summed E-state index contributed by atoms with van der Waals surface area (Å²) in [5.74, 6) is -0.255. The number of carbonyl (C=O) groups is 2. The van der Waals surface area contributed by atoms with Crippen LogP contribution in [0.2, 0.25) is 0 Å². The van der Waals surface area contributed by atoms with E-state index in [-0.39, 0.29) is 17.6 Å². The molecule has 2 aromatic heterocycles. The summed E-state index contributed by atoms with van der Waals surface area (Å²) in [5.41, 5.74) is 2.79. The van der Waals surface area contributed by atoms with Crippen LogP contribution in [-0.2, 0) is 11.3 Å². The molecule has 2 aromatic carbocycles. The summed E-state index contributed by atoms with van der Waals surface area (Å²) in [6.45, 7) is 0.419. The molecule has 30 heavy (non-hydrogen) atoms. The van der Waals surface area contributed by atoms with Gasteiger partial charge >= 0.3 is 0 Å². The van der Waals surface area contributed by atoms with Crippen LogP contribution < -0.4 is 10.6 Å². The Labute approximate surface area is 181 Å². The van der Waals surface area contributed by atoms with Crippen molar-refractivity contribution in [3.63, 3.8) is 0 Å². The third-order valence-electron chi connectivity index (χ3n) is 4.29. The predicted octanol–water partition coefficient (Wildman–Crippen LogP) is 4.35. The fourth-order valence-corrected chi connectivity index (χ4v) is 4.60. The van der Waals surface area contributed by atoms with Crippen molar-refractivity contribution in [1.29, 1.82) is 0 Å². The van der Waals surface area contributed by atoms with E-state index in [1.807, 2.05) is 41.8 Å². The molecule has 0 spiro atoms. The van der Waals surface area contributed by atoms with Crippen molar-refractivity contribution < 1.29 is 9.59 Å². The number of hydrogen-bond acceptors (Lipinski definition) is 6. The lowest BCUT2D eigenvalue weighted by Crippen LogP contribution is -2.25. The Kier molecular flexibility index (Phi) is 6.36. The van der Waals surface area contributed by atoms with Crippen LogP contribution in [0.15, 0.2) is 77.4 Å². The number of rotatable bonds is 7. The van der Waals surface area contributed by atoms with E-state index in [0.29, 0.717) is 17.8 Å². The molecule has 8 heteroatoms. The van der Waals surface area contributed by atoms with Crippen LogP contribution in [0, 0.1) is 0 Å². The number of nitrogens with one attached hydrogen (secondary N) is 2. The summed E-state index contributed by atoms with van der Waals surface area (Å²) in [5, 5.41) is 8.46. The minimum absolute atomic E-state index is 0.185. The first-order valence-corrected chi connectivity index (χ1v) is 11.1. The molecule has 0 saturated heterocycles. The number of hydrogen-bond donors (Lipinski definition) is 2. The molecule has 2 N–H and O–H groups in total. The molecule has 0 atom stereocenters. The number of nitrogens with zero attached hydrogens (tertiary/aromatic N) is 2. The van der Waals surface area contributed by atoms with Gasteiger partial charge in [0.2, 0.25) is 5.91 Å². The minimum Gasteiger partial charge on any atom is -0.348 e. The molecule has 0 bridgehead atoms. The van der Waals surface area contributed by atoms with Gasteiger partial charge in [-0.25, -0.2) is 9.97 Å². The number of carbonyl (C=O) groups excluding carboxylic acids is 2. The number of fused-ring (bicyclic) bond motifs is 1. The molecule has 4 rings (SSSR count). The van der Waals surface area contributed by atoms with Crippen LogP contribution in [-0.4, -0.2) is 27.5 Å². The van der Waals surface area contributed by atoms with Gasteiger partial charge in [0.1, 0.15) is 11.4 Å². The van der Waals surface area contributed by atoms with Crippen molar-refractivity contribution in [3.8, 4) is 0 Å². The molecule has 0 fully saturated rings. The molecule has 150 valence electrons. The maximum absolute atomic E-state index is 12.6. The van der Waals surface area contributed by atoms with Gasteiger partial charge < -0.3 is 10.6 Å². The highest BCUT2D eigenvalue weighted by Gasteiger charge is 2.14. The largest absolute Gasteiger partial charge is 0.348 e. The number of thioether (sulfide) groups is 1. The van der Waals surface area contributed by atoms with Crippen LogP contribution in [0.5, 0.6) is 0 Å². The van der Waals surface area contributed by atoms with Crippen molar-refractivity contribution in [2.45, 2.75) is 11.6 Å². The first-order valence-electron chi connectivity index (χ1n) is 9.23. The summed E-state index contributed by atoms with van der Waals surface area (Å²) in [7, 11) is 0. The van der Waals surface area contributed by atoms with Crippen LogP contribution in [0.25, 0.3) is 10.2 Å². The summed E-state index contributed by atoms with van der Waals surface area (Å²) in [4.78, 5) is 33.6. The standard InChI is InChI=1S/C22H18N4O2S2/c27-19(13-30-22-20-18(10-11-29-20)24-14-25-22)26-17-9-5-4-8-16(17)21(28)23-12-15-6-2-1-3-7-15/h1-11,14H,12-13H2,(H,23,28)(H,26,27). The molecular formula is C22H18N4O2S2. The van der Waals surface area contributed by atoms with E-state index in [9.17, 15) is 9.59 Å². The molecular weight excluding hydrogens is 416 g/mol. The Balaban J connectivity index is 1.39. The van der Waals surface area contributed by atoms with E-state index < -0.39 is 0 Å². The van der Waals surface area contributed by atoms with Gasteiger partial charge in [0.25, 0.3) is 5.91 Å². The lowest BCUT2D eigenvalue weighted by atomic mass is 10.1. The first kappa shape index (κ1) is 20.1. The zero-order valence-corrected chi connectivity index (χ0v) is 17.5. The highest BCUT2D eigenvalue weighted by Crippen LogP contribution is 2.28. The van der Waals surface area contributed by atoms with Crippen molar-refractivity contribution in [2.75, 3.05) is 11.1 Å². The average Bonchev–Trinajstić information content (AvgIpc) is 3.27. The second-order valence-electron chi connectivity index (χ2n) is 6.36. The van der Waals surface area contributed by atoms with E-state index in [1.165, 1.54) is 18.1 Å². The molecule has 0 aliphatic carbocycles. The average molecular weight is 435 g/mol. The van der Waals surface area contributed by atoms with Gasteiger partial charge in [-0.3, -0.25) is 9.59 Å². The Morgan fingerprint density at radius 2 is 1.77 bits per heavy atom. The predicted molar refractivity (Wildman–Crippen MR) is 121 cm³/mol. The van der Waals surface area contributed by atoms with Crippen LogP contribution in [0.1, 0.15) is 15.9 Å². The van der Waals surface area contributed by atoms with Gasteiger partial charge in [-0.05, 0) is 29.1 Å². The van der Waals surface area contributed by atoms with Crippen molar-refractivity contribution in [2.24, 2.45) is 0 Å². The van der Waals surface area contributed by atoms with Gasteiger partial charge in [0, 0.05) is 6.54 Å². The van der Waals surface area contributed by atoms with Gasteiger partial charge in [0.05, 0.1) is 27.2 Å². The van der Waals surface area contributed by atoms with Crippen LogP contribution in [0.4, 0.5) is 5.69 Å². The third kappa shape index (κ3) is 4.84. The molecule has 2 heterocycles. The van der Waals surface area contributed by atoms with Crippen LogP contribution >= 0.6 is 23.1 Å². The second-order valence-corrected chi connectivity index (χ2v) is 8.24. The normalized spacial score (nSPS) is 10.7. The summed E-state index contributed by atoms with van der Waals surface area (Å²) in [6, 6.07) is 18.6. The van der Waals surface area contributed by atoms with Crippen molar-refractivity contribution >= 4 is 50.8 Å². The van der Waals surface area contributed by atoms with E-state index in [1.54, 1.807) is 35.6 Å². The zero-order chi connectivity index (χ0) is 20.8. The Morgan fingerprint density at radius 1 is 0.967 bits per heavy atom. The first-order chi connectivity index (χ1) is 14.7. The number of thiophene rings is 1. The summed E-state index contributed by atoms with van der Waals surface area (Å²) < 4.78 is 0.969. The number of anilines is 1. The van der Waals surface area contributed by atoms with Gasteiger partial charge in [-0.2, -0.15) is 0 Å². The molecule has 0 radical (unpaired) electrons. The molecule has 0 unspecified atom stereocenters. The molecule has 4 aromatic rings. The molecule has 6 nitrogen and oxygen atoms in total. The fourth-order valence-electron chi connectivity index (χ4n) is 2.85. The second kappa shape index (κ2) is 9.51. The quantitative estimate of drug-likeness (QED) is 0.334. The van der Waals surface area contributed by atoms with Crippen LogP contribution in [0.3, 0.4) is 0 Å². The number of amides is 2. The maximum atomic E-state index is 12.6. The maximum Gasteiger partial charge on any atom is 0.253 e. The van der Waals surface area contributed by atoms with Gasteiger partial charge in [-0.1, -0.05) is 54.2 Å². The number of benzene rings is 2. The molecule has 0 aliphatic heterocycles. The Bertz CT molecular complexity index is 1180. The smallest absolute Gasteiger partial charge is 0.253 e. The minimum atomic E-state index is -0.237. The lowest BCUT2D eigenvalue weighted by Gasteiger charge is -2.11. The summed E-state index contributed by atoms with van der Waals surface area (Å²) >= 11 is 2.90. The SMILES string of the molecule is O=C(CSc1ncnc2ccsc12)Nc1ccccc1C(=O)NCc1ccccc1. The highest BCUT2D eigenvalue weighted by molar-refractivity contribution is 8.00. The van der Waals surface area contributed by atoms with Gasteiger partial charge in [-0.15, -0.1) is 11.3 Å². The fraction of sp³-hybridized carbons (Fsp3) is 0.0909. The monoisotopic (exact) mass is 434 g/mol. The van der Waals surface area contributed by atoms with Crippen molar-refractivity contribution in [3.05, 3.63) is 83.5 Å². The topological polar surface area (TPSA) is 84.0 Å². The molecule has 2 amide bonds. The summed E-state index contributed by atoms with van der Waals surface area (Å²) in [6.07, 6.45) is 1.50. The third-order valence-corrected chi connectivity index (χ3v) is 6.32.